The van der Waals surface area contributed by atoms with Crippen LogP contribution in [0.25, 0.3) is 0 Å². The number of ketones is 1. The number of aromatic hydroxyl groups is 1. The molecule has 9 rings (SSSR count). The number of ether oxygens (including phenoxy) is 1. The minimum Gasteiger partial charge on any atom is -0.508 e. The molecule has 13 unspecified atom stereocenters. The highest BCUT2D eigenvalue weighted by molar-refractivity contribution is 5.98. The molecule has 1 spiro atoms. The number of hydrogen-bond donors (Lipinski definition) is 10. The summed E-state index contributed by atoms with van der Waals surface area (Å²) in [5, 5.41) is 68.1. The third-order valence-corrected chi connectivity index (χ3v) is 18.8. The number of hydrogen-bond acceptors (Lipinski definition) is 11. The van der Waals surface area contributed by atoms with Crippen LogP contribution in [-0.2, 0) is 33.6 Å². The molecule has 13 atom stereocenters. The van der Waals surface area contributed by atoms with Gasteiger partial charge in [0.1, 0.15) is 24.6 Å². The molecular formula is C66H84N6O8. The molecule has 0 saturated heterocycles. The van der Waals surface area contributed by atoms with Gasteiger partial charge in [-0.1, -0.05) is 120 Å². The van der Waals surface area contributed by atoms with Crippen LogP contribution in [0.4, 0.5) is 0 Å². The lowest BCUT2D eigenvalue weighted by Gasteiger charge is -2.56. The van der Waals surface area contributed by atoms with Gasteiger partial charge in [0.25, 0.3) is 0 Å². The molecule has 0 radical (unpaired) electrons. The number of phenolic OH excluding ortho intramolecular Hbond substituents is 1. The smallest absolute Gasteiger partial charge is 0.243 e. The van der Waals surface area contributed by atoms with Crippen molar-refractivity contribution in [1.82, 2.24) is 10.6 Å². The van der Waals surface area contributed by atoms with Gasteiger partial charge < -0.3 is 52.8 Å². The third-order valence-electron chi connectivity index (χ3n) is 18.8. The van der Waals surface area contributed by atoms with Crippen molar-refractivity contribution < 1.29 is 39.9 Å². The van der Waals surface area contributed by atoms with Crippen LogP contribution in [0.3, 0.4) is 0 Å². The normalized spacial score (nSPS) is 32.3. The van der Waals surface area contributed by atoms with Crippen LogP contribution >= 0.6 is 0 Å². The summed E-state index contributed by atoms with van der Waals surface area (Å²) in [6.45, 7) is 10.5. The number of nitrogens with one attached hydrogen (secondary N) is 2. The van der Waals surface area contributed by atoms with Crippen molar-refractivity contribution in [3.63, 3.8) is 0 Å². The van der Waals surface area contributed by atoms with Gasteiger partial charge in [-0.15, -0.1) is 0 Å². The van der Waals surface area contributed by atoms with Gasteiger partial charge in [0.05, 0.1) is 30.0 Å². The van der Waals surface area contributed by atoms with E-state index in [1.807, 2.05) is 68.5 Å². The van der Waals surface area contributed by atoms with Gasteiger partial charge in [0.15, 0.2) is 11.7 Å². The number of aliphatic hydroxyl groups is 4. The van der Waals surface area contributed by atoms with E-state index in [0.29, 0.717) is 73.6 Å². The van der Waals surface area contributed by atoms with Crippen LogP contribution in [0.2, 0.25) is 0 Å². The molecule has 80 heavy (non-hydrogen) atoms. The van der Waals surface area contributed by atoms with Gasteiger partial charge in [-0.25, -0.2) is 0 Å². The van der Waals surface area contributed by atoms with Crippen LogP contribution < -0.4 is 27.8 Å². The molecule has 3 aliphatic heterocycles. The minimum atomic E-state index is -1.36. The number of phenols is 1. The number of nitrogens with zero attached hydrogens (tertiary/aromatic N) is 1. The molecule has 426 valence electrons. The van der Waals surface area contributed by atoms with Gasteiger partial charge >= 0.3 is 0 Å². The number of nitrogens with two attached hydrogens (primary N) is 3. The van der Waals surface area contributed by atoms with Crippen LogP contribution in [0.1, 0.15) is 143 Å². The first-order valence-corrected chi connectivity index (χ1v) is 29.0. The summed E-state index contributed by atoms with van der Waals surface area (Å²) in [5.74, 6) is 4.06. The van der Waals surface area contributed by atoms with E-state index in [0.717, 1.165) is 65.5 Å². The molecule has 3 fully saturated rings. The Morgan fingerprint density at radius 1 is 0.963 bits per heavy atom. The Labute approximate surface area is 472 Å². The fourth-order valence-corrected chi connectivity index (χ4v) is 14.7. The Morgan fingerprint density at radius 3 is 2.50 bits per heavy atom. The van der Waals surface area contributed by atoms with E-state index in [2.05, 4.69) is 53.1 Å². The summed E-state index contributed by atoms with van der Waals surface area (Å²) in [7, 11) is 0. The topological polar surface area (TPSA) is 259 Å². The van der Waals surface area contributed by atoms with E-state index in [9.17, 15) is 30.3 Å². The Kier molecular flexibility index (Phi) is 18.5. The molecule has 3 aromatic rings. The Morgan fingerprint density at radius 2 is 1.73 bits per heavy atom. The SMILES string of the molecule is C=C1C=CC=C2C(CCCC3CC4(C5CCC(O)Cc6cccc(c6)CC(C(CN=C(N)N)c6ccc(O)cc6)C(O)CNC6C(=O)NC(N)c7cccc(c76)CC(=O)C(C)=C5CCC4(C)O)C(O)C23)OCC#CCC(C)=CCC1. The van der Waals surface area contributed by atoms with Crippen molar-refractivity contribution in [3.8, 4) is 17.6 Å². The van der Waals surface area contributed by atoms with Gasteiger partial charge in [-0.05, 0) is 166 Å². The van der Waals surface area contributed by atoms with Crippen molar-refractivity contribution >= 4 is 17.6 Å². The van der Waals surface area contributed by atoms with Gasteiger partial charge in [-0.3, -0.25) is 19.9 Å². The molecule has 3 saturated carbocycles. The van der Waals surface area contributed by atoms with E-state index in [-0.39, 0.29) is 61.5 Å². The maximum absolute atomic E-state index is 15.3. The second-order valence-corrected chi connectivity index (χ2v) is 24.0. The predicted molar refractivity (Wildman–Crippen MR) is 313 cm³/mol. The largest absolute Gasteiger partial charge is 0.508 e. The quantitative estimate of drug-likeness (QED) is 0.0531. The maximum atomic E-state index is 15.3. The summed E-state index contributed by atoms with van der Waals surface area (Å²) in [5.41, 5.74) is 25.0. The summed E-state index contributed by atoms with van der Waals surface area (Å²) >= 11 is 0. The number of carbonyl (C=O) groups is 2. The molecule has 0 aromatic heterocycles. The maximum Gasteiger partial charge on any atom is 0.243 e. The van der Waals surface area contributed by atoms with Gasteiger partial charge in [-0.2, -0.15) is 0 Å². The van der Waals surface area contributed by atoms with Crippen molar-refractivity contribution in [2.24, 2.45) is 51.3 Å². The summed E-state index contributed by atoms with van der Waals surface area (Å²) < 4.78 is 6.67. The zero-order chi connectivity index (χ0) is 56.9. The Balaban J connectivity index is 1.14. The zero-order valence-electron chi connectivity index (χ0n) is 46.9. The lowest BCUT2D eigenvalue weighted by molar-refractivity contribution is -0.169. The molecule has 3 aromatic carbocycles. The average molecular weight is 1090 g/mol. The number of fused-ring (bicyclic) bond motifs is 7. The standard InChI is InChI=1S/C66H84N6O8/c1-39-12-5-6-31-80-57-22-11-19-46-36-66(61(77)59(46)50(57)20-8-15-40(2)14-7-13-39)54-28-27-48(74)33-42-16-9-17-43(32-42)34-52(53(37-71-64(68)69)44-23-25-47(73)26-24-44)56(76)38-70-60-58-45(18-10-21-51(58)62(67)72-63(60)78)35-55(75)41(3)49(54)29-30-65(66,4)79/h8-10,13,15-18,20-21,23-26,32,46,48,52-54,56-57,59-62,70,73-74,76-77,79H,2,7,11-12,14,19,22,27-31,33-38,67H2,1,3-4H3,(H,72,78)(H4,68,69,71). The molecule has 14 nitrogen and oxygen atoms in total. The van der Waals surface area contributed by atoms with Crippen molar-refractivity contribution in [1.29, 1.82) is 0 Å². The number of amides is 1. The third kappa shape index (κ3) is 12.7. The number of aliphatic imine (C=N–C) groups is 1. The lowest BCUT2D eigenvalue weighted by Crippen LogP contribution is -2.59. The van der Waals surface area contributed by atoms with Gasteiger partial charge in [0.2, 0.25) is 5.91 Å². The van der Waals surface area contributed by atoms with E-state index >= 15 is 4.79 Å². The van der Waals surface area contributed by atoms with Crippen LogP contribution in [0.15, 0.2) is 130 Å². The zero-order valence-corrected chi connectivity index (χ0v) is 46.9. The highest BCUT2D eigenvalue weighted by Gasteiger charge is 2.67. The number of β-amino-alcohol motifs (C(OH)–C–C–N with tert-alkyl or cyclic N) is 1. The van der Waals surface area contributed by atoms with Crippen LogP contribution in [0, 0.1) is 40.9 Å². The fourth-order valence-electron chi connectivity index (χ4n) is 14.7. The first kappa shape index (κ1) is 58.5. The number of Topliss-reactive ketones (excluding diaryl/α,β-unsaturated/α-hetero) is 1. The number of guanidine groups is 1. The highest BCUT2D eigenvalue weighted by atomic mass is 16.5. The number of carbonyl (C=O) groups excluding carboxylic acids is 2. The summed E-state index contributed by atoms with van der Waals surface area (Å²) in [6.07, 6.45) is 11.6. The lowest BCUT2D eigenvalue weighted by atomic mass is 9.52. The average Bonchev–Trinajstić information content (AvgIpc) is 3.84. The highest BCUT2D eigenvalue weighted by Crippen LogP contribution is 2.66. The van der Waals surface area contributed by atoms with Crippen molar-refractivity contribution in [3.05, 3.63) is 159 Å². The van der Waals surface area contributed by atoms with Crippen molar-refractivity contribution in [2.75, 3.05) is 19.7 Å². The summed E-state index contributed by atoms with van der Waals surface area (Å²) in [4.78, 5) is 34.0. The van der Waals surface area contributed by atoms with Crippen LogP contribution in [-0.4, -0.2) is 92.9 Å². The molecule has 13 N–H and O–H groups in total. The summed E-state index contributed by atoms with van der Waals surface area (Å²) in [6, 6.07) is 19.3. The number of aliphatic hydroxyl groups excluding tert-OH is 3. The predicted octanol–water partition coefficient (Wildman–Crippen LogP) is 7.40. The Hall–Kier alpha value is -6.15. The molecule has 1 amide bonds. The molecule has 3 heterocycles. The number of allylic oxidation sites excluding steroid dienone is 8. The molecular weight excluding hydrogens is 1000 g/mol. The second kappa shape index (κ2) is 25.3. The second-order valence-electron chi connectivity index (χ2n) is 24.0. The van der Waals surface area contributed by atoms with E-state index in [1.54, 1.807) is 24.3 Å². The van der Waals surface area contributed by atoms with E-state index in [1.165, 1.54) is 5.57 Å². The molecule has 3 aliphatic carbocycles. The first-order valence-electron chi connectivity index (χ1n) is 29.0. The van der Waals surface area contributed by atoms with E-state index in [4.69, 9.17) is 21.9 Å². The molecule has 14 heteroatoms. The Bertz CT molecular complexity index is 3000. The van der Waals surface area contributed by atoms with Gasteiger partial charge in [0, 0.05) is 43.2 Å². The number of benzene rings is 3. The number of rotatable bonds is 4. The monoisotopic (exact) mass is 1090 g/mol. The van der Waals surface area contributed by atoms with Crippen LogP contribution in [0.5, 0.6) is 5.75 Å². The first-order chi connectivity index (χ1) is 38.3. The van der Waals surface area contributed by atoms with Crippen molar-refractivity contribution in [2.45, 2.75) is 159 Å². The minimum absolute atomic E-state index is 0.0110. The van der Waals surface area contributed by atoms with E-state index < -0.39 is 65.2 Å². The molecule has 2 bridgehead atoms. The molecule has 6 aliphatic rings. The fraction of sp³-hybridized carbons (Fsp3) is 0.500.